The van der Waals surface area contributed by atoms with E-state index in [-0.39, 0.29) is 0 Å². The van der Waals surface area contributed by atoms with E-state index in [0.717, 1.165) is 11.3 Å². The minimum Gasteiger partial charge on any atom is -0.450 e. The van der Waals surface area contributed by atoms with E-state index < -0.39 is 0 Å². The van der Waals surface area contributed by atoms with E-state index in [4.69, 9.17) is 21.5 Å². The van der Waals surface area contributed by atoms with Crippen molar-refractivity contribution in [3.05, 3.63) is 33.1 Å². The minimum atomic E-state index is 0.378. The van der Waals surface area contributed by atoms with Gasteiger partial charge in [0.05, 0.1) is 0 Å². The largest absolute Gasteiger partial charge is 0.450 e. The smallest absolute Gasteiger partial charge is 0.193 e. The molecule has 1 rings (SSSR count). The van der Waals surface area contributed by atoms with Gasteiger partial charge in [-0.25, -0.2) is 0 Å². The first-order valence-electron chi connectivity index (χ1n) is 3.49. The van der Waals surface area contributed by atoms with Gasteiger partial charge in [0, 0.05) is 11.5 Å². The molecule has 4 nitrogen and oxygen atoms in total. The summed E-state index contributed by atoms with van der Waals surface area (Å²) in [4.78, 5) is 2.65. The SMILES string of the molecule is Cc1oc(Cl)cc1CCN=[N+]=[N-]. The Kier molecular flexibility index (Phi) is 3.02. The van der Waals surface area contributed by atoms with Crippen molar-refractivity contribution >= 4 is 11.6 Å². The molecule has 0 aliphatic rings. The van der Waals surface area contributed by atoms with Crippen LogP contribution in [0.2, 0.25) is 5.22 Å². The maximum absolute atomic E-state index is 8.03. The number of azide groups is 1. The summed E-state index contributed by atoms with van der Waals surface area (Å²) < 4.78 is 5.08. The van der Waals surface area contributed by atoms with E-state index >= 15 is 0 Å². The Bertz CT molecular complexity index is 314. The van der Waals surface area contributed by atoms with Crippen LogP contribution in [0.15, 0.2) is 15.6 Å². The van der Waals surface area contributed by atoms with Crippen molar-refractivity contribution in [2.45, 2.75) is 13.3 Å². The monoisotopic (exact) mass is 185 g/mol. The van der Waals surface area contributed by atoms with Gasteiger partial charge >= 0.3 is 0 Å². The molecule has 0 radical (unpaired) electrons. The molecule has 1 aromatic rings. The number of nitrogens with zero attached hydrogens (tertiary/aromatic N) is 3. The van der Waals surface area contributed by atoms with Crippen molar-refractivity contribution in [3.8, 4) is 0 Å². The Balaban J connectivity index is 2.62. The Morgan fingerprint density at radius 1 is 1.75 bits per heavy atom. The highest BCUT2D eigenvalue weighted by molar-refractivity contribution is 6.28. The molecule has 0 unspecified atom stereocenters. The van der Waals surface area contributed by atoms with E-state index in [1.165, 1.54) is 0 Å². The van der Waals surface area contributed by atoms with Crippen molar-refractivity contribution in [1.82, 2.24) is 0 Å². The van der Waals surface area contributed by atoms with Crippen LogP contribution >= 0.6 is 11.6 Å². The molecule has 0 atom stereocenters. The molecule has 0 bridgehead atoms. The molecule has 1 aromatic heterocycles. The number of hydrogen-bond donors (Lipinski definition) is 0. The molecule has 0 saturated carbocycles. The van der Waals surface area contributed by atoms with Crippen molar-refractivity contribution in [3.63, 3.8) is 0 Å². The molecule has 64 valence electrons. The van der Waals surface area contributed by atoms with E-state index in [9.17, 15) is 0 Å². The quantitative estimate of drug-likeness (QED) is 0.406. The summed E-state index contributed by atoms with van der Waals surface area (Å²) in [5.74, 6) is 0.785. The molecular weight excluding hydrogens is 178 g/mol. The third-order valence-electron chi connectivity index (χ3n) is 1.53. The lowest BCUT2D eigenvalue weighted by molar-refractivity contribution is 0.531. The zero-order valence-electron chi connectivity index (χ0n) is 6.62. The van der Waals surface area contributed by atoms with Crippen molar-refractivity contribution < 1.29 is 4.42 Å². The van der Waals surface area contributed by atoms with Crippen LogP contribution in [0.1, 0.15) is 11.3 Å². The lowest BCUT2D eigenvalue weighted by Gasteiger charge is -1.91. The maximum atomic E-state index is 8.03. The first-order valence-corrected chi connectivity index (χ1v) is 3.87. The van der Waals surface area contributed by atoms with Crippen LogP contribution < -0.4 is 0 Å². The van der Waals surface area contributed by atoms with Crippen LogP contribution in [-0.2, 0) is 6.42 Å². The number of hydrogen-bond acceptors (Lipinski definition) is 2. The van der Waals surface area contributed by atoms with Gasteiger partial charge in [-0.1, -0.05) is 5.11 Å². The van der Waals surface area contributed by atoms with Crippen LogP contribution in [0.25, 0.3) is 10.4 Å². The van der Waals surface area contributed by atoms with E-state index in [2.05, 4.69) is 10.0 Å². The van der Waals surface area contributed by atoms with Gasteiger partial charge in [-0.2, -0.15) is 0 Å². The molecule has 0 fully saturated rings. The standard InChI is InChI=1S/C7H8ClN3O/c1-5-6(2-3-10-11-9)4-7(8)12-5/h4H,2-3H2,1H3. The fourth-order valence-electron chi connectivity index (χ4n) is 0.943. The molecule has 0 aromatic carbocycles. The summed E-state index contributed by atoms with van der Waals surface area (Å²) in [6.45, 7) is 2.27. The Morgan fingerprint density at radius 2 is 2.50 bits per heavy atom. The second kappa shape index (κ2) is 4.04. The average molecular weight is 186 g/mol. The first kappa shape index (κ1) is 8.97. The Morgan fingerprint density at radius 3 is 3.00 bits per heavy atom. The molecule has 0 saturated heterocycles. The number of furan rings is 1. The van der Waals surface area contributed by atoms with Crippen LogP contribution in [-0.4, -0.2) is 6.54 Å². The van der Waals surface area contributed by atoms with Crippen LogP contribution in [0, 0.1) is 6.92 Å². The highest BCUT2D eigenvalue weighted by Gasteiger charge is 2.03. The zero-order valence-corrected chi connectivity index (χ0v) is 7.38. The van der Waals surface area contributed by atoms with Gasteiger partial charge < -0.3 is 4.42 Å². The normalized spacial score (nSPS) is 9.50. The summed E-state index contributed by atoms with van der Waals surface area (Å²) in [7, 11) is 0. The molecule has 0 aliphatic heterocycles. The molecule has 5 heteroatoms. The fourth-order valence-corrected chi connectivity index (χ4v) is 1.19. The molecular formula is C7H8ClN3O. The Hall–Kier alpha value is -1.12. The van der Waals surface area contributed by atoms with Gasteiger partial charge in [0.15, 0.2) is 5.22 Å². The van der Waals surface area contributed by atoms with Gasteiger partial charge in [-0.3, -0.25) is 0 Å². The van der Waals surface area contributed by atoms with Gasteiger partial charge in [0.2, 0.25) is 0 Å². The summed E-state index contributed by atoms with van der Waals surface area (Å²) >= 11 is 5.61. The van der Waals surface area contributed by atoms with Gasteiger partial charge in [0.25, 0.3) is 0 Å². The zero-order chi connectivity index (χ0) is 8.97. The highest BCUT2D eigenvalue weighted by atomic mass is 35.5. The van der Waals surface area contributed by atoms with E-state index in [0.29, 0.717) is 18.2 Å². The van der Waals surface area contributed by atoms with E-state index in [1.54, 1.807) is 6.07 Å². The fraction of sp³-hybridized carbons (Fsp3) is 0.429. The van der Waals surface area contributed by atoms with E-state index in [1.807, 2.05) is 6.92 Å². The van der Waals surface area contributed by atoms with Crippen LogP contribution in [0.4, 0.5) is 0 Å². The Labute approximate surface area is 74.8 Å². The van der Waals surface area contributed by atoms with Gasteiger partial charge in [0.1, 0.15) is 5.76 Å². The summed E-state index contributed by atoms with van der Waals surface area (Å²) in [5.41, 5.74) is 9.02. The summed E-state index contributed by atoms with van der Waals surface area (Å²) in [5, 5.41) is 3.79. The molecule has 12 heavy (non-hydrogen) atoms. The van der Waals surface area contributed by atoms with Gasteiger partial charge in [-0.15, -0.1) is 0 Å². The molecule has 0 aliphatic carbocycles. The molecule has 0 spiro atoms. The van der Waals surface area contributed by atoms with Crippen molar-refractivity contribution in [1.29, 1.82) is 0 Å². The number of aryl methyl sites for hydroxylation is 1. The topological polar surface area (TPSA) is 61.9 Å². The second-order valence-electron chi connectivity index (χ2n) is 2.34. The highest BCUT2D eigenvalue weighted by Crippen LogP contribution is 2.19. The average Bonchev–Trinajstić information content (AvgIpc) is 2.31. The third kappa shape index (κ3) is 2.19. The summed E-state index contributed by atoms with van der Waals surface area (Å²) in [6, 6.07) is 1.74. The first-order chi connectivity index (χ1) is 5.74. The lowest BCUT2D eigenvalue weighted by Crippen LogP contribution is -1.87. The predicted molar refractivity (Wildman–Crippen MR) is 46.2 cm³/mol. The number of rotatable bonds is 3. The second-order valence-corrected chi connectivity index (χ2v) is 2.71. The maximum Gasteiger partial charge on any atom is 0.193 e. The third-order valence-corrected chi connectivity index (χ3v) is 1.72. The molecule has 0 amide bonds. The van der Waals surface area contributed by atoms with Crippen LogP contribution in [0.5, 0.6) is 0 Å². The van der Waals surface area contributed by atoms with Crippen molar-refractivity contribution in [2.24, 2.45) is 5.11 Å². The van der Waals surface area contributed by atoms with Crippen LogP contribution in [0.3, 0.4) is 0 Å². The number of halogens is 1. The van der Waals surface area contributed by atoms with Gasteiger partial charge in [-0.05, 0) is 42.1 Å². The minimum absolute atomic E-state index is 0.378. The predicted octanol–water partition coefficient (Wildman–Crippen LogP) is 3.09. The summed E-state index contributed by atoms with van der Waals surface area (Å²) in [6.07, 6.45) is 0.673. The molecule has 1 heterocycles. The lowest BCUT2D eigenvalue weighted by atomic mass is 10.2. The molecule has 0 N–H and O–H groups in total. The van der Waals surface area contributed by atoms with Crippen molar-refractivity contribution in [2.75, 3.05) is 6.54 Å².